The van der Waals surface area contributed by atoms with E-state index in [4.69, 9.17) is 0 Å². The molecule has 0 radical (unpaired) electrons. The molecule has 2 N–H and O–H groups in total. The molecular weight excluding hydrogens is 298 g/mol. The number of hydrogen-bond donors (Lipinski definition) is 2. The summed E-state index contributed by atoms with van der Waals surface area (Å²) in [5.41, 5.74) is 1.90. The zero-order valence-electron chi connectivity index (χ0n) is 16.1. The standard InChI is InChI=1S/C21H33NO2/c1-20(2,3)16-12-14(13-17(18(16)23)21(4,5)6)19(24)22-15-10-8-7-9-11-15/h12-13,15,23H,7-11H2,1-6H3,(H,22,24). The lowest BCUT2D eigenvalue weighted by atomic mass is 9.78. The second-order valence-corrected chi connectivity index (χ2v) is 9.23. The Balaban J connectivity index is 2.40. The third kappa shape index (κ3) is 4.31. The monoisotopic (exact) mass is 331 g/mol. The van der Waals surface area contributed by atoms with Gasteiger partial charge >= 0.3 is 0 Å². The summed E-state index contributed by atoms with van der Waals surface area (Å²) in [7, 11) is 0. The molecule has 0 aromatic heterocycles. The van der Waals surface area contributed by atoms with E-state index in [0.29, 0.717) is 11.3 Å². The van der Waals surface area contributed by atoms with Crippen molar-refractivity contribution in [2.24, 2.45) is 0 Å². The number of aromatic hydroxyl groups is 1. The Morgan fingerprint density at radius 3 is 1.83 bits per heavy atom. The molecule has 0 spiro atoms. The maximum absolute atomic E-state index is 12.8. The van der Waals surface area contributed by atoms with Crippen molar-refractivity contribution in [3.8, 4) is 5.75 Å². The van der Waals surface area contributed by atoms with Crippen LogP contribution in [0.2, 0.25) is 0 Å². The summed E-state index contributed by atoms with van der Waals surface area (Å²) in [5.74, 6) is 0.308. The largest absolute Gasteiger partial charge is 0.507 e. The molecule has 0 bridgehead atoms. The maximum atomic E-state index is 12.8. The topological polar surface area (TPSA) is 49.3 Å². The molecule has 0 unspecified atom stereocenters. The fourth-order valence-corrected chi connectivity index (χ4v) is 3.42. The van der Waals surface area contributed by atoms with Crippen LogP contribution in [0.5, 0.6) is 5.75 Å². The van der Waals surface area contributed by atoms with Gasteiger partial charge in [0.25, 0.3) is 5.91 Å². The summed E-state index contributed by atoms with van der Waals surface area (Å²) < 4.78 is 0. The number of carbonyl (C=O) groups is 1. The van der Waals surface area contributed by atoms with E-state index in [-0.39, 0.29) is 22.8 Å². The van der Waals surface area contributed by atoms with Gasteiger partial charge < -0.3 is 10.4 Å². The van der Waals surface area contributed by atoms with E-state index in [2.05, 4.69) is 46.9 Å². The molecule has 1 aliphatic rings. The molecule has 1 aromatic carbocycles. The van der Waals surface area contributed by atoms with E-state index in [1.54, 1.807) is 0 Å². The van der Waals surface area contributed by atoms with Crippen molar-refractivity contribution in [3.05, 3.63) is 28.8 Å². The van der Waals surface area contributed by atoms with E-state index in [0.717, 1.165) is 24.0 Å². The Morgan fingerprint density at radius 2 is 1.42 bits per heavy atom. The fourth-order valence-electron chi connectivity index (χ4n) is 3.42. The van der Waals surface area contributed by atoms with Crippen molar-refractivity contribution in [1.29, 1.82) is 0 Å². The minimum Gasteiger partial charge on any atom is -0.507 e. The molecule has 3 heteroatoms. The average molecular weight is 332 g/mol. The van der Waals surface area contributed by atoms with Crippen molar-refractivity contribution in [1.82, 2.24) is 5.32 Å². The molecule has 0 aliphatic heterocycles. The SMILES string of the molecule is CC(C)(C)c1cc(C(=O)NC2CCCCC2)cc(C(C)(C)C)c1O. The van der Waals surface area contributed by atoms with Crippen LogP contribution < -0.4 is 5.32 Å². The Hall–Kier alpha value is -1.51. The highest BCUT2D eigenvalue weighted by Gasteiger charge is 2.28. The Labute approximate surface area is 146 Å². The number of nitrogens with one attached hydrogen (secondary N) is 1. The normalized spacial score (nSPS) is 16.9. The molecule has 1 amide bonds. The lowest BCUT2D eigenvalue weighted by molar-refractivity contribution is 0.0927. The quantitative estimate of drug-likeness (QED) is 0.796. The Morgan fingerprint density at radius 1 is 0.958 bits per heavy atom. The third-order valence-electron chi connectivity index (χ3n) is 4.93. The van der Waals surface area contributed by atoms with Crippen LogP contribution >= 0.6 is 0 Å². The van der Waals surface area contributed by atoms with Crippen LogP contribution in [0.1, 0.15) is 95.1 Å². The first kappa shape index (κ1) is 18.8. The van der Waals surface area contributed by atoms with Crippen LogP contribution in [0, 0.1) is 0 Å². The van der Waals surface area contributed by atoms with Gasteiger partial charge in [-0.05, 0) is 35.8 Å². The molecular formula is C21H33NO2. The van der Waals surface area contributed by atoms with Gasteiger partial charge in [-0.2, -0.15) is 0 Å². The zero-order valence-corrected chi connectivity index (χ0v) is 16.1. The Kier molecular flexibility index (Phi) is 5.31. The first-order valence-electron chi connectivity index (χ1n) is 9.19. The third-order valence-corrected chi connectivity index (χ3v) is 4.93. The summed E-state index contributed by atoms with van der Waals surface area (Å²) in [6, 6.07) is 4.02. The molecule has 1 saturated carbocycles. The van der Waals surface area contributed by atoms with Gasteiger partial charge in [0.2, 0.25) is 0 Å². The molecule has 1 aromatic rings. The van der Waals surface area contributed by atoms with E-state index in [9.17, 15) is 9.90 Å². The number of benzene rings is 1. The maximum Gasteiger partial charge on any atom is 0.251 e. The second-order valence-electron chi connectivity index (χ2n) is 9.23. The molecule has 24 heavy (non-hydrogen) atoms. The van der Waals surface area contributed by atoms with Crippen LogP contribution in [0.25, 0.3) is 0 Å². The van der Waals surface area contributed by atoms with Gasteiger partial charge in [0.1, 0.15) is 5.75 Å². The van der Waals surface area contributed by atoms with Gasteiger partial charge in [0.05, 0.1) is 0 Å². The highest BCUT2D eigenvalue weighted by atomic mass is 16.3. The molecule has 0 saturated heterocycles. The molecule has 1 aliphatic carbocycles. The summed E-state index contributed by atoms with van der Waals surface area (Å²) >= 11 is 0. The first-order valence-corrected chi connectivity index (χ1v) is 9.19. The summed E-state index contributed by atoms with van der Waals surface area (Å²) in [5, 5.41) is 13.9. The Bertz CT molecular complexity index is 564. The van der Waals surface area contributed by atoms with E-state index in [1.807, 2.05) is 12.1 Å². The van der Waals surface area contributed by atoms with Gasteiger partial charge in [-0.1, -0.05) is 60.8 Å². The number of phenolic OH excluding ortho intramolecular Hbond substituents is 1. The lowest BCUT2D eigenvalue weighted by Gasteiger charge is -2.28. The first-order chi connectivity index (χ1) is 11.0. The molecule has 3 nitrogen and oxygen atoms in total. The van der Waals surface area contributed by atoms with Gasteiger partial charge in [-0.25, -0.2) is 0 Å². The lowest BCUT2D eigenvalue weighted by Crippen LogP contribution is -2.36. The molecule has 2 rings (SSSR count). The number of phenols is 1. The predicted molar refractivity (Wildman–Crippen MR) is 99.8 cm³/mol. The summed E-state index contributed by atoms with van der Waals surface area (Å²) in [6.07, 6.45) is 5.81. The van der Waals surface area contributed by atoms with Crippen molar-refractivity contribution < 1.29 is 9.90 Å². The molecule has 0 heterocycles. The number of carbonyl (C=O) groups excluding carboxylic acids is 1. The number of amides is 1. The highest BCUT2D eigenvalue weighted by molar-refractivity contribution is 5.95. The summed E-state index contributed by atoms with van der Waals surface area (Å²) in [6.45, 7) is 12.4. The average Bonchev–Trinajstić information content (AvgIpc) is 2.46. The number of hydrogen-bond acceptors (Lipinski definition) is 2. The zero-order chi connectivity index (χ0) is 18.1. The van der Waals surface area contributed by atoms with Crippen molar-refractivity contribution in [3.63, 3.8) is 0 Å². The molecule has 0 atom stereocenters. The van der Waals surface area contributed by atoms with Crippen LogP contribution in [-0.2, 0) is 10.8 Å². The van der Waals surface area contributed by atoms with Crippen LogP contribution in [0.15, 0.2) is 12.1 Å². The van der Waals surface area contributed by atoms with E-state index < -0.39 is 0 Å². The molecule has 1 fully saturated rings. The fraction of sp³-hybridized carbons (Fsp3) is 0.667. The number of rotatable bonds is 2. The van der Waals surface area contributed by atoms with E-state index >= 15 is 0 Å². The van der Waals surface area contributed by atoms with Crippen molar-refractivity contribution in [2.75, 3.05) is 0 Å². The smallest absolute Gasteiger partial charge is 0.251 e. The van der Waals surface area contributed by atoms with E-state index in [1.165, 1.54) is 19.3 Å². The van der Waals surface area contributed by atoms with Gasteiger partial charge in [-0.3, -0.25) is 4.79 Å². The minimum absolute atomic E-state index is 0.0158. The highest BCUT2D eigenvalue weighted by Crippen LogP contribution is 2.39. The van der Waals surface area contributed by atoms with Gasteiger partial charge in [-0.15, -0.1) is 0 Å². The van der Waals surface area contributed by atoms with Crippen LogP contribution in [-0.4, -0.2) is 17.1 Å². The minimum atomic E-state index is -0.217. The summed E-state index contributed by atoms with van der Waals surface area (Å²) in [4.78, 5) is 12.8. The second kappa shape index (κ2) is 6.78. The van der Waals surface area contributed by atoms with Gasteiger partial charge in [0.15, 0.2) is 0 Å². The predicted octanol–water partition coefficient (Wildman–Crippen LogP) is 5.05. The van der Waals surface area contributed by atoms with Crippen molar-refractivity contribution >= 4 is 5.91 Å². The van der Waals surface area contributed by atoms with Crippen LogP contribution in [0.3, 0.4) is 0 Å². The van der Waals surface area contributed by atoms with Gasteiger partial charge in [0, 0.05) is 22.7 Å². The van der Waals surface area contributed by atoms with Crippen LogP contribution in [0.4, 0.5) is 0 Å². The van der Waals surface area contributed by atoms with Crippen molar-refractivity contribution in [2.45, 2.75) is 90.5 Å². The molecule has 134 valence electrons.